The zero-order valence-electron chi connectivity index (χ0n) is 11.8. The number of nitrogens with two attached hydrogens (primary N) is 1. The number of amides is 1. The number of rotatable bonds is 8. The molecular weight excluding hydrogens is 232 g/mol. The first kappa shape index (κ1) is 16.7. The fourth-order valence-corrected chi connectivity index (χ4v) is 1.39. The fraction of sp³-hybridized carbons (Fsp3) is 0.833. The van der Waals surface area contributed by atoms with Gasteiger partial charge in [0.25, 0.3) is 0 Å². The molecule has 0 fully saturated rings. The van der Waals surface area contributed by atoms with Crippen LogP contribution in [0.4, 0.5) is 0 Å². The Kier molecular flexibility index (Phi) is 7.35. The van der Waals surface area contributed by atoms with Gasteiger partial charge in [0.15, 0.2) is 0 Å². The van der Waals surface area contributed by atoms with Crippen molar-refractivity contribution in [2.75, 3.05) is 13.1 Å². The van der Waals surface area contributed by atoms with Crippen molar-refractivity contribution in [3.8, 4) is 0 Å². The summed E-state index contributed by atoms with van der Waals surface area (Å²) in [5.41, 5.74) is 5.23. The molecule has 5 N–H and O–H groups in total. The Morgan fingerprint density at radius 1 is 1.39 bits per heavy atom. The number of nitrogens with one attached hydrogen (secondary N) is 2. The maximum atomic E-state index is 11.3. The van der Waals surface area contributed by atoms with Gasteiger partial charge in [0, 0.05) is 24.4 Å². The summed E-state index contributed by atoms with van der Waals surface area (Å²) in [6.07, 6.45) is 1.21. The van der Waals surface area contributed by atoms with Gasteiger partial charge in [-0.15, -0.1) is 0 Å². The maximum absolute atomic E-state index is 11.3. The summed E-state index contributed by atoms with van der Waals surface area (Å²) in [5, 5.41) is 17.6. The summed E-state index contributed by atoms with van der Waals surface area (Å²) in [4.78, 5) is 11.3. The van der Waals surface area contributed by atoms with Crippen molar-refractivity contribution >= 4 is 11.7 Å². The number of carbonyl (C=O) groups is 1. The monoisotopic (exact) mass is 258 g/mol. The van der Waals surface area contributed by atoms with E-state index in [1.165, 1.54) is 0 Å². The highest BCUT2D eigenvalue weighted by molar-refractivity contribution is 5.85. The van der Waals surface area contributed by atoms with Gasteiger partial charge in [0.1, 0.15) is 5.84 Å². The van der Waals surface area contributed by atoms with Gasteiger partial charge in [0.05, 0.1) is 0 Å². The number of amidine groups is 1. The minimum absolute atomic E-state index is 0.0493. The van der Waals surface area contributed by atoms with Crippen LogP contribution < -0.4 is 16.4 Å². The topological polar surface area (TPSA) is 99.7 Å². The van der Waals surface area contributed by atoms with Crippen LogP contribution >= 0.6 is 0 Å². The summed E-state index contributed by atoms with van der Waals surface area (Å²) in [5.74, 6) is 0.273. The van der Waals surface area contributed by atoms with Crippen LogP contribution in [0.25, 0.3) is 0 Å². The standard InChI is InChI=1S/C12H26N4O2/c1-9(2)15-10(17)5-7-14-8-6-12(3,4)11(13)16-18/h9,14,18H,5-8H2,1-4H3,(H2,13,16)(H,15,17). The van der Waals surface area contributed by atoms with E-state index in [4.69, 9.17) is 10.9 Å². The molecule has 0 aromatic carbocycles. The molecule has 1 amide bonds. The van der Waals surface area contributed by atoms with Gasteiger partial charge < -0.3 is 21.6 Å². The van der Waals surface area contributed by atoms with Crippen molar-refractivity contribution in [2.45, 2.75) is 46.6 Å². The molecular formula is C12H26N4O2. The number of nitrogens with zero attached hydrogens (tertiary/aromatic N) is 1. The highest BCUT2D eigenvalue weighted by Crippen LogP contribution is 2.19. The van der Waals surface area contributed by atoms with Crippen molar-refractivity contribution in [2.24, 2.45) is 16.3 Å². The lowest BCUT2D eigenvalue weighted by atomic mass is 9.88. The van der Waals surface area contributed by atoms with Crippen LogP contribution in [0, 0.1) is 5.41 Å². The Bertz CT molecular complexity index is 288. The van der Waals surface area contributed by atoms with Crippen LogP contribution in [-0.4, -0.2) is 36.1 Å². The summed E-state index contributed by atoms with van der Waals surface area (Å²) < 4.78 is 0. The predicted octanol–water partition coefficient (Wildman–Crippen LogP) is 0.653. The third-order valence-corrected chi connectivity index (χ3v) is 2.71. The van der Waals surface area contributed by atoms with E-state index >= 15 is 0 Å². The van der Waals surface area contributed by atoms with E-state index < -0.39 is 0 Å². The molecule has 0 rings (SSSR count). The molecule has 106 valence electrons. The first-order chi connectivity index (χ1) is 8.29. The molecule has 0 saturated heterocycles. The molecule has 0 spiro atoms. The molecule has 0 atom stereocenters. The summed E-state index contributed by atoms with van der Waals surface area (Å²) in [7, 11) is 0. The van der Waals surface area contributed by atoms with Gasteiger partial charge in [-0.25, -0.2) is 0 Å². The summed E-state index contributed by atoms with van der Waals surface area (Å²) in [6.45, 7) is 9.04. The molecule has 0 bridgehead atoms. The number of oxime groups is 1. The number of carbonyl (C=O) groups excluding carboxylic acids is 1. The second-order valence-corrected chi connectivity index (χ2v) is 5.34. The summed E-state index contributed by atoms with van der Waals surface area (Å²) >= 11 is 0. The Labute approximate surface area is 109 Å². The first-order valence-corrected chi connectivity index (χ1v) is 6.27. The van der Waals surface area contributed by atoms with Crippen molar-refractivity contribution in [1.82, 2.24) is 10.6 Å². The molecule has 6 nitrogen and oxygen atoms in total. The van der Waals surface area contributed by atoms with Gasteiger partial charge in [0.2, 0.25) is 5.91 Å². The van der Waals surface area contributed by atoms with E-state index in [0.29, 0.717) is 13.0 Å². The van der Waals surface area contributed by atoms with Crippen LogP contribution in [0.2, 0.25) is 0 Å². The SMILES string of the molecule is CC(C)NC(=O)CCNCCC(C)(C)C(N)=NO. The molecule has 0 aromatic rings. The van der Waals surface area contributed by atoms with E-state index in [0.717, 1.165) is 13.0 Å². The lowest BCUT2D eigenvalue weighted by molar-refractivity contribution is -0.121. The van der Waals surface area contributed by atoms with E-state index in [1.54, 1.807) is 0 Å². The molecule has 0 saturated carbocycles. The smallest absolute Gasteiger partial charge is 0.221 e. The largest absolute Gasteiger partial charge is 0.409 e. The van der Waals surface area contributed by atoms with Gasteiger partial charge in [-0.3, -0.25) is 4.79 Å². The molecule has 0 radical (unpaired) electrons. The van der Waals surface area contributed by atoms with Crippen LogP contribution in [-0.2, 0) is 4.79 Å². The zero-order valence-corrected chi connectivity index (χ0v) is 11.8. The molecule has 0 aliphatic rings. The predicted molar refractivity (Wildman–Crippen MR) is 72.6 cm³/mol. The normalized spacial score (nSPS) is 12.8. The van der Waals surface area contributed by atoms with Crippen molar-refractivity contribution in [1.29, 1.82) is 0 Å². The van der Waals surface area contributed by atoms with E-state index in [2.05, 4.69) is 15.8 Å². The van der Waals surface area contributed by atoms with E-state index in [1.807, 2.05) is 27.7 Å². The lowest BCUT2D eigenvalue weighted by Gasteiger charge is -2.22. The van der Waals surface area contributed by atoms with Gasteiger partial charge >= 0.3 is 0 Å². The highest BCUT2D eigenvalue weighted by Gasteiger charge is 2.22. The molecule has 18 heavy (non-hydrogen) atoms. The quantitative estimate of drug-likeness (QED) is 0.169. The fourth-order valence-electron chi connectivity index (χ4n) is 1.39. The molecule has 0 aliphatic carbocycles. The van der Waals surface area contributed by atoms with Gasteiger partial charge in [-0.1, -0.05) is 19.0 Å². The molecule has 0 aliphatic heterocycles. The van der Waals surface area contributed by atoms with Crippen molar-refractivity contribution in [3.63, 3.8) is 0 Å². The van der Waals surface area contributed by atoms with Crippen LogP contribution in [0.1, 0.15) is 40.5 Å². The molecule has 0 aromatic heterocycles. The third-order valence-electron chi connectivity index (χ3n) is 2.71. The Balaban J connectivity index is 3.72. The Morgan fingerprint density at radius 3 is 2.50 bits per heavy atom. The first-order valence-electron chi connectivity index (χ1n) is 6.27. The van der Waals surface area contributed by atoms with Gasteiger partial charge in [-0.05, 0) is 26.8 Å². The van der Waals surface area contributed by atoms with Crippen LogP contribution in [0.15, 0.2) is 5.16 Å². The summed E-state index contributed by atoms with van der Waals surface area (Å²) in [6, 6.07) is 0.178. The second-order valence-electron chi connectivity index (χ2n) is 5.34. The Morgan fingerprint density at radius 2 is 2.00 bits per heavy atom. The molecule has 0 unspecified atom stereocenters. The van der Waals surface area contributed by atoms with Crippen LogP contribution in [0.3, 0.4) is 0 Å². The van der Waals surface area contributed by atoms with Crippen LogP contribution in [0.5, 0.6) is 0 Å². The van der Waals surface area contributed by atoms with E-state index in [-0.39, 0.29) is 23.2 Å². The van der Waals surface area contributed by atoms with Crippen molar-refractivity contribution < 1.29 is 10.0 Å². The second kappa shape index (κ2) is 7.92. The lowest BCUT2D eigenvalue weighted by Crippen LogP contribution is -2.36. The minimum atomic E-state index is -0.345. The Hall–Kier alpha value is -1.30. The van der Waals surface area contributed by atoms with Crippen molar-refractivity contribution in [3.05, 3.63) is 0 Å². The highest BCUT2D eigenvalue weighted by atomic mass is 16.4. The third kappa shape index (κ3) is 7.11. The zero-order chi connectivity index (χ0) is 14.2. The van der Waals surface area contributed by atoms with Gasteiger partial charge in [-0.2, -0.15) is 0 Å². The maximum Gasteiger partial charge on any atom is 0.221 e. The molecule has 6 heteroatoms. The molecule has 0 heterocycles. The number of hydrogen-bond acceptors (Lipinski definition) is 4. The average Bonchev–Trinajstić information content (AvgIpc) is 2.26. The number of hydrogen-bond donors (Lipinski definition) is 4. The average molecular weight is 258 g/mol. The van der Waals surface area contributed by atoms with E-state index in [9.17, 15) is 4.79 Å². The minimum Gasteiger partial charge on any atom is -0.409 e.